The van der Waals surface area contributed by atoms with Crippen LogP contribution in [0.1, 0.15) is 252 Å². The van der Waals surface area contributed by atoms with Crippen LogP contribution in [0.3, 0.4) is 0 Å². The fourth-order valence-corrected chi connectivity index (χ4v) is 9.04. The zero-order chi connectivity index (χ0) is 60.3. The van der Waals surface area contributed by atoms with Gasteiger partial charge in [0.25, 0.3) is 0 Å². The molecule has 12 heteroatoms. The van der Waals surface area contributed by atoms with E-state index in [9.17, 15) is 34.5 Å². The summed E-state index contributed by atoms with van der Waals surface area (Å²) >= 11 is 0. The minimum Gasteiger partial charge on any atom is -0.479 e. The number of ether oxygens (including phenoxy) is 5. The molecule has 1 aliphatic heterocycles. The van der Waals surface area contributed by atoms with Crippen LogP contribution in [0.15, 0.2) is 122 Å². The topological polar surface area (TPSA) is 175 Å². The molecule has 1 rings (SSSR count). The average Bonchev–Trinajstić information content (AvgIpc) is 3.59. The number of aliphatic hydroxyl groups is 2. The van der Waals surface area contributed by atoms with Crippen molar-refractivity contribution in [2.45, 2.75) is 289 Å². The van der Waals surface area contributed by atoms with Crippen molar-refractivity contribution in [1.29, 1.82) is 0 Å². The molecule has 3 N–H and O–H groups in total. The fourth-order valence-electron chi connectivity index (χ4n) is 9.04. The van der Waals surface area contributed by atoms with E-state index in [1.807, 2.05) is 12.2 Å². The Kier molecular flexibility index (Phi) is 52.8. The summed E-state index contributed by atoms with van der Waals surface area (Å²) in [5.74, 6) is -3.26. The molecule has 1 aliphatic rings. The number of carbonyl (C=O) groups excluding carboxylic acids is 3. The lowest BCUT2D eigenvalue weighted by Crippen LogP contribution is -2.61. The predicted molar refractivity (Wildman–Crippen MR) is 340 cm³/mol. The van der Waals surface area contributed by atoms with Crippen LogP contribution in [-0.4, -0.2) is 89.2 Å². The van der Waals surface area contributed by atoms with Gasteiger partial charge < -0.3 is 39.0 Å². The lowest BCUT2D eigenvalue weighted by Gasteiger charge is -2.40. The fraction of sp³-hybridized carbons (Fsp3) is 0.662. The number of esters is 3. The smallest absolute Gasteiger partial charge is 0.335 e. The largest absolute Gasteiger partial charge is 0.479 e. The molecule has 1 saturated heterocycles. The lowest BCUT2D eigenvalue weighted by atomic mass is 9.98. The summed E-state index contributed by atoms with van der Waals surface area (Å²) in [7, 11) is 0. The molecule has 12 nitrogen and oxygen atoms in total. The molecule has 0 bridgehead atoms. The van der Waals surface area contributed by atoms with Gasteiger partial charge in [0.15, 0.2) is 24.6 Å². The summed E-state index contributed by atoms with van der Waals surface area (Å²) in [5.41, 5.74) is 0. The maximum atomic E-state index is 13.2. The molecule has 1 heterocycles. The van der Waals surface area contributed by atoms with E-state index in [0.717, 1.165) is 154 Å². The highest BCUT2D eigenvalue weighted by Crippen LogP contribution is 2.26. The second-order valence-electron chi connectivity index (χ2n) is 21.7. The first-order chi connectivity index (χ1) is 40.6. The molecule has 0 amide bonds. The summed E-state index contributed by atoms with van der Waals surface area (Å²) < 4.78 is 28.4. The minimum absolute atomic E-state index is 0.0379. The van der Waals surface area contributed by atoms with E-state index in [-0.39, 0.29) is 25.9 Å². The summed E-state index contributed by atoms with van der Waals surface area (Å²) in [6.45, 7) is 5.77. The number of carboxylic acids is 1. The summed E-state index contributed by atoms with van der Waals surface area (Å²) in [5, 5.41) is 31.6. The monoisotopic (exact) mass is 1160 g/mol. The number of rotatable bonds is 54. The number of hydrogen-bond donors (Lipinski definition) is 3. The first kappa shape index (κ1) is 76.1. The molecule has 470 valence electrons. The Labute approximate surface area is 503 Å². The molecule has 0 aromatic carbocycles. The Morgan fingerprint density at radius 3 is 1.20 bits per heavy atom. The standard InChI is InChI=1S/C71H114O12/c1-4-7-10-13-16-19-22-25-28-31-32-35-36-39-42-45-48-51-54-57-63(72)79-60-62(81-64(73)58-55-52-49-46-43-40-37-33-29-26-23-20-17-14-11-8-5-2)61-80-71-69(67(76)66(75)68(83-71)70(77)78)82-65(74)59-56-53-50-47-44-41-38-34-30-27-24-21-18-15-12-9-6-3/h7,10,16-21,25-30,32,35,39,42,48,51,62,66-69,71,75-76H,4-6,8-9,11-15,22-24,31,33-34,36-38,40-41,43-47,49-50,52-61H2,1-3H3,(H,77,78)/b10-7-,19-16-,20-17-,21-18-,28-25-,29-26-,30-27-,35-32-,42-39-,51-48-. The highest BCUT2D eigenvalue weighted by atomic mass is 16.7. The highest BCUT2D eigenvalue weighted by Gasteiger charge is 2.50. The van der Waals surface area contributed by atoms with Crippen LogP contribution in [0.4, 0.5) is 0 Å². The van der Waals surface area contributed by atoms with Crippen molar-refractivity contribution in [3.05, 3.63) is 122 Å². The Bertz CT molecular complexity index is 1900. The van der Waals surface area contributed by atoms with Crippen LogP contribution in [0, 0.1) is 0 Å². The van der Waals surface area contributed by atoms with Gasteiger partial charge in [-0.15, -0.1) is 0 Å². The lowest BCUT2D eigenvalue weighted by molar-refractivity contribution is -0.301. The molecule has 0 aromatic rings. The van der Waals surface area contributed by atoms with Crippen molar-refractivity contribution in [1.82, 2.24) is 0 Å². The number of hydrogen-bond acceptors (Lipinski definition) is 11. The van der Waals surface area contributed by atoms with Gasteiger partial charge in [0.2, 0.25) is 0 Å². The third kappa shape index (κ3) is 47.1. The van der Waals surface area contributed by atoms with Crippen LogP contribution in [-0.2, 0) is 42.9 Å². The van der Waals surface area contributed by atoms with E-state index in [0.29, 0.717) is 19.3 Å². The van der Waals surface area contributed by atoms with E-state index in [1.54, 1.807) is 0 Å². The van der Waals surface area contributed by atoms with E-state index in [1.165, 1.54) is 38.5 Å². The van der Waals surface area contributed by atoms with Crippen molar-refractivity contribution in [2.75, 3.05) is 13.2 Å². The molecule has 0 saturated carbocycles. The van der Waals surface area contributed by atoms with Crippen LogP contribution in [0.2, 0.25) is 0 Å². The van der Waals surface area contributed by atoms with Crippen LogP contribution in [0.25, 0.3) is 0 Å². The van der Waals surface area contributed by atoms with E-state index in [4.69, 9.17) is 23.7 Å². The van der Waals surface area contributed by atoms with E-state index in [2.05, 4.69) is 130 Å². The van der Waals surface area contributed by atoms with Gasteiger partial charge in [-0.05, 0) is 122 Å². The first-order valence-corrected chi connectivity index (χ1v) is 32.5. The summed E-state index contributed by atoms with van der Waals surface area (Å²) in [6.07, 6.45) is 67.3. The number of allylic oxidation sites excluding steroid dienone is 20. The van der Waals surface area contributed by atoms with Crippen molar-refractivity contribution in [2.24, 2.45) is 0 Å². The number of aliphatic carboxylic acids is 1. The van der Waals surface area contributed by atoms with E-state index < -0.39 is 67.3 Å². The number of carboxylic acid groups (broad SMARTS) is 1. The molecule has 0 aliphatic carbocycles. The van der Waals surface area contributed by atoms with Gasteiger partial charge in [-0.3, -0.25) is 14.4 Å². The minimum atomic E-state index is -1.92. The van der Waals surface area contributed by atoms with Gasteiger partial charge in [0.05, 0.1) is 6.61 Å². The Morgan fingerprint density at radius 1 is 0.410 bits per heavy atom. The number of aliphatic hydroxyl groups excluding tert-OH is 2. The van der Waals surface area contributed by atoms with Crippen molar-refractivity contribution >= 4 is 23.9 Å². The maximum Gasteiger partial charge on any atom is 0.335 e. The molecule has 1 fully saturated rings. The highest BCUT2D eigenvalue weighted by molar-refractivity contribution is 5.74. The average molecular weight is 1160 g/mol. The van der Waals surface area contributed by atoms with Crippen molar-refractivity contribution in [3.8, 4) is 0 Å². The third-order valence-corrected chi connectivity index (χ3v) is 14.0. The molecular weight excluding hydrogens is 1040 g/mol. The van der Waals surface area contributed by atoms with Gasteiger partial charge in [-0.1, -0.05) is 232 Å². The summed E-state index contributed by atoms with van der Waals surface area (Å²) in [4.78, 5) is 51.3. The molecular formula is C71H114O12. The second kappa shape index (κ2) is 57.5. The molecule has 6 atom stereocenters. The van der Waals surface area contributed by atoms with Gasteiger partial charge in [0, 0.05) is 19.3 Å². The first-order valence-electron chi connectivity index (χ1n) is 32.5. The maximum absolute atomic E-state index is 13.2. The number of unbranched alkanes of at least 4 members (excludes halogenated alkanes) is 20. The van der Waals surface area contributed by atoms with Crippen LogP contribution in [0.5, 0.6) is 0 Å². The van der Waals surface area contributed by atoms with Crippen molar-refractivity contribution in [3.63, 3.8) is 0 Å². The summed E-state index contributed by atoms with van der Waals surface area (Å²) in [6, 6.07) is 0. The zero-order valence-electron chi connectivity index (χ0n) is 51.9. The van der Waals surface area contributed by atoms with E-state index >= 15 is 0 Å². The van der Waals surface area contributed by atoms with Gasteiger partial charge >= 0.3 is 23.9 Å². The quantitative estimate of drug-likeness (QED) is 0.0228. The molecule has 0 aromatic heterocycles. The van der Waals surface area contributed by atoms with Gasteiger partial charge in [-0.2, -0.15) is 0 Å². The third-order valence-electron chi connectivity index (χ3n) is 14.0. The Morgan fingerprint density at radius 2 is 0.783 bits per heavy atom. The Hall–Kier alpha value is -4.88. The van der Waals surface area contributed by atoms with Crippen LogP contribution >= 0.6 is 0 Å². The molecule has 0 radical (unpaired) electrons. The zero-order valence-corrected chi connectivity index (χ0v) is 51.9. The Balaban J connectivity index is 2.73. The molecule has 83 heavy (non-hydrogen) atoms. The number of carbonyl (C=O) groups is 4. The molecule has 0 spiro atoms. The predicted octanol–water partition coefficient (Wildman–Crippen LogP) is 17.6. The SMILES string of the molecule is CC/C=C\C/C=C\C/C=C\C/C=C\C/C=C\C/C=C\CCC(=O)OCC(COC1OC(C(=O)O)C(O)C(O)C1OC(=O)CCCCCCCCC/C=C\C/C=C\CCCCC)OC(=O)CCCCCCCCC/C=C\C/C=C\CCCCC. The van der Waals surface area contributed by atoms with Crippen LogP contribution < -0.4 is 0 Å². The van der Waals surface area contributed by atoms with Gasteiger partial charge in [-0.25, -0.2) is 4.79 Å². The normalized spacial score (nSPS) is 18.4. The van der Waals surface area contributed by atoms with Crippen molar-refractivity contribution < 1.29 is 58.2 Å². The molecule has 6 unspecified atom stereocenters. The van der Waals surface area contributed by atoms with Gasteiger partial charge in [0.1, 0.15) is 18.8 Å². The second-order valence-corrected chi connectivity index (χ2v) is 21.7.